The van der Waals surface area contributed by atoms with Crippen LogP contribution in [0.1, 0.15) is 114 Å². The van der Waals surface area contributed by atoms with Gasteiger partial charge in [-0.2, -0.15) is 0 Å². The van der Waals surface area contributed by atoms with Crippen molar-refractivity contribution < 1.29 is 85.1 Å². The van der Waals surface area contributed by atoms with E-state index < -0.39 is 20.2 Å². The number of hydrogen-bond acceptors (Lipinski definition) is 6. The topological polar surface area (TPSA) is 114 Å². The van der Waals surface area contributed by atoms with Gasteiger partial charge >= 0.3 is 59.1 Å². The summed E-state index contributed by atoms with van der Waals surface area (Å²) in [4.78, 5) is -0.381. The normalized spacial score (nSPS) is 13.3. The van der Waals surface area contributed by atoms with Crippen molar-refractivity contribution in [3.8, 4) is 0 Å². The molecule has 2 aromatic carbocycles. The van der Waals surface area contributed by atoms with Gasteiger partial charge in [0.15, 0.2) is 0 Å². The molecule has 10 heteroatoms. The maximum Gasteiger partial charge on any atom is 1.00 e. The predicted molar refractivity (Wildman–Crippen MR) is 141 cm³/mol. The van der Waals surface area contributed by atoms with Crippen molar-refractivity contribution in [3.63, 3.8) is 0 Å². The molecule has 6 nitrogen and oxygen atoms in total. The smallest absolute Gasteiger partial charge is 0.744 e. The van der Waals surface area contributed by atoms with Gasteiger partial charge in [0.05, 0.1) is 9.79 Å². The van der Waals surface area contributed by atoms with Crippen molar-refractivity contribution in [2.45, 2.75) is 113 Å². The molecule has 0 saturated heterocycles. The molecular weight excluding hydrogens is 542 g/mol. The number of rotatable bonds is 17. The van der Waals surface area contributed by atoms with Gasteiger partial charge in [-0.25, -0.2) is 16.8 Å². The quantitative estimate of drug-likeness (QED) is 0.157. The maximum atomic E-state index is 11.3. The molecule has 0 amide bonds. The van der Waals surface area contributed by atoms with Gasteiger partial charge in [0.2, 0.25) is 0 Å². The van der Waals surface area contributed by atoms with Gasteiger partial charge in [-0.3, -0.25) is 0 Å². The predicted octanol–water partition coefficient (Wildman–Crippen LogP) is 1.09. The van der Waals surface area contributed by atoms with E-state index in [1.165, 1.54) is 24.3 Å². The minimum absolute atomic E-state index is 0. The molecule has 2 atom stereocenters. The van der Waals surface area contributed by atoms with E-state index in [2.05, 4.69) is 13.8 Å². The zero-order valence-electron chi connectivity index (χ0n) is 23.5. The van der Waals surface area contributed by atoms with Gasteiger partial charge < -0.3 is 9.11 Å². The molecule has 0 aliphatic rings. The summed E-state index contributed by atoms with van der Waals surface area (Å²) in [5.41, 5.74) is 2.15. The van der Waals surface area contributed by atoms with Crippen LogP contribution in [0.25, 0.3) is 0 Å². The van der Waals surface area contributed by atoms with Crippen LogP contribution in [0.2, 0.25) is 0 Å². The van der Waals surface area contributed by atoms with E-state index in [1.54, 1.807) is 24.3 Å². The molecule has 0 aliphatic heterocycles. The van der Waals surface area contributed by atoms with E-state index in [1.807, 2.05) is 0 Å². The molecule has 0 fully saturated rings. The second kappa shape index (κ2) is 19.4. The first-order valence-electron chi connectivity index (χ1n) is 13.2. The molecule has 38 heavy (non-hydrogen) atoms. The largest absolute Gasteiger partial charge is 1.00 e. The van der Waals surface area contributed by atoms with Crippen LogP contribution in [0.5, 0.6) is 0 Å². The maximum absolute atomic E-state index is 11.3. The van der Waals surface area contributed by atoms with Gasteiger partial charge in [-0.15, -0.1) is 0 Å². The van der Waals surface area contributed by atoms with E-state index in [0.29, 0.717) is 11.8 Å². The first-order valence-corrected chi connectivity index (χ1v) is 16.0. The summed E-state index contributed by atoms with van der Waals surface area (Å²) in [5, 5.41) is 0. The van der Waals surface area contributed by atoms with Crippen LogP contribution in [0.4, 0.5) is 0 Å². The summed E-state index contributed by atoms with van der Waals surface area (Å²) in [6.07, 6.45) is 12.9. The fraction of sp³-hybridized carbons (Fsp3) is 0.571. The zero-order valence-corrected chi connectivity index (χ0v) is 29.2. The van der Waals surface area contributed by atoms with E-state index in [0.717, 1.165) is 88.2 Å². The van der Waals surface area contributed by atoms with Gasteiger partial charge in [0, 0.05) is 0 Å². The molecule has 0 saturated carbocycles. The Morgan fingerprint density at radius 1 is 0.526 bits per heavy atom. The van der Waals surface area contributed by atoms with Crippen LogP contribution in [0.3, 0.4) is 0 Å². The van der Waals surface area contributed by atoms with Crippen LogP contribution in [0, 0.1) is 0 Å². The van der Waals surface area contributed by atoms with E-state index in [-0.39, 0.29) is 68.9 Å². The average molecular weight is 583 g/mol. The summed E-state index contributed by atoms with van der Waals surface area (Å²) in [6.45, 7) is 4.33. The molecule has 2 aromatic rings. The Morgan fingerprint density at radius 2 is 0.789 bits per heavy atom. The summed E-state index contributed by atoms with van der Waals surface area (Å²) in [5.74, 6) is 0.639. The Labute approximate surface area is 274 Å². The van der Waals surface area contributed by atoms with Crippen LogP contribution >= 0.6 is 0 Å². The molecule has 0 spiro atoms. The van der Waals surface area contributed by atoms with Crippen molar-refractivity contribution >= 4 is 20.2 Å². The van der Waals surface area contributed by atoms with E-state index in [9.17, 15) is 25.9 Å². The van der Waals surface area contributed by atoms with Gasteiger partial charge in [0.25, 0.3) is 0 Å². The molecule has 202 valence electrons. The first-order chi connectivity index (χ1) is 17.1. The number of hydrogen-bond donors (Lipinski definition) is 0. The molecule has 0 aromatic heterocycles. The summed E-state index contributed by atoms with van der Waals surface area (Å²) >= 11 is 0. The Balaban J connectivity index is 0.00000684. The Kier molecular flexibility index (Phi) is 19.5. The number of benzene rings is 2. The SMILES string of the molecule is CCCCCC(CCCCC(CCCCC)c1ccc(S(=O)(=O)[O-])cc1)c1ccc(S(=O)(=O)[O-])cc1.[Na+].[Na+]. The molecule has 0 heterocycles. The van der Waals surface area contributed by atoms with Gasteiger partial charge in [-0.1, -0.05) is 89.5 Å². The Morgan fingerprint density at radius 3 is 1.03 bits per heavy atom. The van der Waals surface area contributed by atoms with Crippen molar-refractivity contribution in [2.75, 3.05) is 0 Å². The van der Waals surface area contributed by atoms with E-state index in [4.69, 9.17) is 0 Å². The van der Waals surface area contributed by atoms with Crippen LogP contribution in [0.15, 0.2) is 58.3 Å². The summed E-state index contributed by atoms with van der Waals surface area (Å²) < 4.78 is 67.7. The third-order valence-electron chi connectivity index (χ3n) is 6.95. The molecule has 2 rings (SSSR count). The molecule has 2 unspecified atom stereocenters. The Hall–Kier alpha value is 0.260. The second-order valence-corrected chi connectivity index (χ2v) is 12.5. The zero-order chi connectivity index (χ0) is 26.6. The van der Waals surface area contributed by atoms with Crippen LogP contribution in [-0.2, 0) is 20.2 Å². The van der Waals surface area contributed by atoms with Crippen molar-refractivity contribution in [1.29, 1.82) is 0 Å². The molecule has 0 bridgehead atoms. The average Bonchev–Trinajstić information content (AvgIpc) is 2.83. The minimum atomic E-state index is -4.44. The molecule has 0 N–H and O–H groups in total. The monoisotopic (exact) mass is 582 g/mol. The molecule has 0 aliphatic carbocycles. The van der Waals surface area contributed by atoms with E-state index >= 15 is 0 Å². The second-order valence-electron chi connectivity index (χ2n) is 9.72. The molecule has 0 radical (unpaired) electrons. The standard InChI is InChI=1S/C28H42O6S2.2Na/c1-3-5-7-11-23(25-15-19-27(20-16-25)35(29,30)31)13-9-10-14-24(12-8-6-4-2)26-17-21-28(22-18-26)36(32,33)34;;/h15-24H,3-14H2,1-2H3,(H,29,30,31)(H,32,33,34);;/q;2*+1/p-2. The third-order valence-corrected chi connectivity index (χ3v) is 8.65. The van der Waals surface area contributed by atoms with Gasteiger partial charge in [-0.05, 0) is 72.9 Å². The van der Waals surface area contributed by atoms with Crippen LogP contribution in [-0.4, -0.2) is 25.9 Å². The summed E-state index contributed by atoms with van der Waals surface area (Å²) in [7, 11) is -8.89. The molecular formula is C28H40Na2O6S2. The Bertz CT molecular complexity index is 1030. The minimum Gasteiger partial charge on any atom is -0.744 e. The fourth-order valence-corrected chi connectivity index (χ4v) is 5.77. The van der Waals surface area contributed by atoms with Crippen molar-refractivity contribution in [1.82, 2.24) is 0 Å². The fourth-order valence-electron chi connectivity index (χ4n) is 4.83. The third kappa shape index (κ3) is 13.7. The number of unbranched alkanes of at least 4 members (excludes halogenated alkanes) is 5. The summed E-state index contributed by atoms with van der Waals surface area (Å²) in [6, 6.07) is 12.8. The first kappa shape index (κ1) is 38.3. The van der Waals surface area contributed by atoms with Crippen molar-refractivity contribution in [3.05, 3.63) is 59.7 Å². The van der Waals surface area contributed by atoms with Crippen LogP contribution < -0.4 is 59.1 Å². The van der Waals surface area contributed by atoms with Gasteiger partial charge in [0.1, 0.15) is 20.2 Å². The van der Waals surface area contributed by atoms with Crippen molar-refractivity contribution in [2.24, 2.45) is 0 Å².